The molecule has 5 nitrogen and oxygen atoms in total. The minimum atomic E-state index is 0.529. The molecule has 128 valence electrons. The van der Waals surface area contributed by atoms with Gasteiger partial charge in [-0.1, -0.05) is 29.8 Å². The molecule has 6 heteroatoms. The van der Waals surface area contributed by atoms with Gasteiger partial charge in [0.15, 0.2) is 5.96 Å². The Morgan fingerprint density at radius 1 is 1.42 bits per heavy atom. The Hall–Kier alpha value is -2.01. The second-order valence-electron chi connectivity index (χ2n) is 6.19. The van der Waals surface area contributed by atoms with E-state index >= 15 is 0 Å². The molecule has 1 fully saturated rings. The summed E-state index contributed by atoms with van der Waals surface area (Å²) in [5, 5.41) is 8.57. The average Bonchev–Trinajstić information content (AvgIpc) is 3.22. The minimum absolute atomic E-state index is 0.529. The van der Waals surface area contributed by atoms with E-state index in [0.717, 1.165) is 49.0 Å². The monoisotopic (exact) mass is 345 g/mol. The quantitative estimate of drug-likeness (QED) is 0.684. The largest absolute Gasteiger partial charge is 0.356 e. The third-order valence-corrected chi connectivity index (χ3v) is 4.90. The molecular weight excluding hydrogens is 322 g/mol. The van der Waals surface area contributed by atoms with Crippen LogP contribution < -0.4 is 5.32 Å². The maximum Gasteiger partial charge on any atom is 0.193 e. The second kappa shape index (κ2) is 7.71. The van der Waals surface area contributed by atoms with Gasteiger partial charge in [0.05, 0.1) is 6.20 Å². The molecule has 24 heavy (non-hydrogen) atoms. The first-order valence-electron chi connectivity index (χ1n) is 8.35. The molecule has 3 rings (SSSR count). The summed E-state index contributed by atoms with van der Waals surface area (Å²) >= 11 is 6.21. The molecule has 1 unspecified atom stereocenters. The van der Waals surface area contributed by atoms with Crippen LogP contribution in [-0.4, -0.2) is 47.3 Å². The Kier molecular flexibility index (Phi) is 5.41. The first-order valence-corrected chi connectivity index (χ1v) is 8.72. The van der Waals surface area contributed by atoms with Crippen LogP contribution in [0.15, 0.2) is 41.7 Å². The maximum atomic E-state index is 6.21. The Balaban J connectivity index is 1.53. The van der Waals surface area contributed by atoms with Gasteiger partial charge in [-0.3, -0.25) is 9.67 Å². The van der Waals surface area contributed by atoms with Crippen molar-refractivity contribution in [2.75, 3.05) is 26.7 Å². The first-order chi connectivity index (χ1) is 11.7. The molecule has 1 atom stereocenters. The lowest BCUT2D eigenvalue weighted by Gasteiger charge is -2.21. The van der Waals surface area contributed by atoms with Crippen LogP contribution in [-0.2, 0) is 13.5 Å². The zero-order valence-corrected chi connectivity index (χ0v) is 15.0. The van der Waals surface area contributed by atoms with Crippen molar-refractivity contribution < 1.29 is 0 Å². The van der Waals surface area contributed by atoms with Gasteiger partial charge in [0.25, 0.3) is 0 Å². The van der Waals surface area contributed by atoms with Gasteiger partial charge in [-0.15, -0.1) is 0 Å². The molecule has 2 heterocycles. The molecular formula is C18H24ClN5. The van der Waals surface area contributed by atoms with E-state index in [-0.39, 0.29) is 0 Å². The molecule has 1 saturated heterocycles. The number of benzene rings is 1. The average molecular weight is 346 g/mol. The standard InChI is InChI=1S/C18H24ClN5/c1-20-18(21-9-7-14-5-3-4-6-17(14)19)24-10-8-15(13-24)16-11-22-23(2)12-16/h3-6,11-12,15H,7-10,13H2,1-2H3,(H,20,21). The molecule has 0 spiro atoms. The fraction of sp³-hybridized carbons (Fsp3) is 0.444. The molecule has 0 saturated carbocycles. The van der Waals surface area contributed by atoms with Crippen LogP contribution in [0.4, 0.5) is 0 Å². The predicted octanol–water partition coefficient (Wildman–Crippen LogP) is 2.68. The molecule has 1 aromatic heterocycles. The number of nitrogens with one attached hydrogen (secondary N) is 1. The first kappa shape index (κ1) is 16.8. The summed E-state index contributed by atoms with van der Waals surface area (Å²) in [6.07, 6.45) is 6.11. The van der Waals surface area contributed by atoms with E-state index < -0.39 is 0 Å². The van der Waals surface area contributed by atoms with E-state index in [4.69, 9.17) is 11.6 Å². The lowest BCUT2D eigenvalue weighted by Crippen LogP contribution is -2.40. The Bertz CT molecular complexity index is 709. The van der Waals surface area contributed by atoms with Crippen LogP contribution in [0.1, 0.15) is 23.5 Å². The molecule has 1 aliphatic heterocycles. The normalized spacial score (nSPS) is 18.2. The van der Waals surface area contributed by atoms with Gasteiger partial charge in [-0.25, -0.2) is 0 Å². The van der Waals surface area contributed by atoms with Gasteiger partial charge in [0.2, 0.25) is 0 Å². The van der Waals surface area contributed by atoms with Crippen molar-refractivity contribution in [3.63, 3.8) is 0 Å². The number of aryl methyl sites for hydroxylation is 1. The van der Waals surface area contributed by atoms with Gasteiger partial charge in [-0.05, 0) is 30.0 Å². The van der Waals surface area contributed by atoms with Crippen molar-refractivity contribution >= 4 is 17.6 Å². The number of nitrogens with zero attached hydrogens (tertiary/aromatic N) is 4. The van der Waals surface area contributed by atoms with Gasteiger partial charge in [0.1, 0.15) is 0 Å². The molecule has 0 aliphatic carbocycles. The van der Waals surface area contributed by atoms with E-state index in [0.29, 0.717) is 5.92 Å². The molecule has 1 aliphatic rings. The van der Waals surface area contributed by atoms with Crippen LogP contribution in [0.3, 0.4) is 0 Å². The molecule has 2 aromatic rings. The van der Waals surface area contributed by atoms with Gasteiger partial charge >= 0.3 is 0 Å². The van der Waals surface area contributed by atoms with Crippen LogP contribution in [0.5, 0.6) is 0 Å². The number of likely N-dealkylation sites (tertiary alicyclic amines) is 1. The number of hydrogen-bond donors (Lipinski definition) is 1. The third kappa shape index (κ3) is 3.90. The fourth-order valence-electron chi connectivity index (χ4n) is 3.22. The number of aliphatic imine (C=N–C) groups is 1. The molecule has 1 N–H and O–H groups in total. The summed E-state index contributed by atoms with van der Waals surface area (Å²) in [5.41, 5.74) is 2.48. The highest BCUT2D eigenvalue weighted by Crippen LogP contribution is 2.26. The van der Waals surface area contributed by atoms with Crippen molar-refractivity contribution in [3.8, 4) is 0 Å². The molecule has 0 radical (unpaired) electrons. The summed E-state index contributed by atoms with van der Waals surface area (Å²) in [7, 11) is 3.81. The van der Waals surface area contributed by atoms with E-state index in [1.807, 2.05) is 43.2 Å². The van der Waals surface area contributed by atoms with Gasteiger partial charge in [0, 0.05) is 50.9 Å². The number of hydrogen-bond acceptors (Lipinski definition) is 2. The summed E-state index contributed by atoms with van der Waals surface area (Å²) in [6.45, 7) is 2.83. The van der Waals surface area contributed by atoms with E-state index in [2.05, 4.69) is 32.6 Å². The van der Waals surface area contributed by atoms with Crippen molar-refractivity contribution in [1.29, 1.82) is 0 Å². The number of aromatic nitrogens is 2. The van der Waals surface area contributed by atoms with Crippen molar-refractivity contribution in [1.82, 2.24) is 20.0 Å². The highest BCUT2D eigenvalue weighted by atomic mass is 35.5. The van der Waals surface area contributed by atoms with Crippen LogP contribution in [0.2, 0.25) is 5.02 Å². The number of rotatable bonds is 4. The second-order valence-corrected chi connectivity index (χ2v) is 6.60. The van der Waals surface area contributed by atoms with Gasteiger partial charge in [-0.2, -0.15) is 5.10 Å². The molecule has 0 amide bonds. The molecule has 0 bridgehead atoms. The third-order valence-electron chi connectivity index (χ3n) is 4.53. The van der Waals surface area contributed by atoms with E-state index in [9.17, 15) is 0 Å². The van der Waals surface area contributed by atoms with Crippen LogP contribution in [0, 0.1) is 0 Å². The minimum Gasteiger partial charge on any atom is -0.356 e. The van der Waals surface area contributed by atoms with Crippen molar-refractivity contribution in [2.24, 2.45) is 12.0 Å². The lowest BCUT2D eigenvalue weighted by molar-refractivity contribution is 0.486. The van der Waals surface area contributed by atoms with Crippen LogP contribution >= 0.6 is 11.6 Å². The molecule has 1 aromatic carbocycles. The number of halogens is 1. The lowest BCUT2D eigenvalue weighted by atomic mass is 10.0. The zero-order valence-electron chi connectivity index (χ0n) is 14.2. The smallest absolute Gasteiger partial charge is 0.193 e. The maximum absolute atomic E-state index is 6.21. The van der Waals surface area contributed by atoms with Crippen molar-refractivity contribution in [3.05, 3.63) is 52.8 Å². The Labute approximate surface area is 148 Å². The highest BCUT2D eigenvalue weighted by molar-refractivity contribution is 6.31. The van der Waals surface area contributed by atoms with E-state index in [1.54, 1.807) is 0 Å². The highest BCUT2D eigenvalue weighted by Gasteiger charge is 2.26. The number of guanidine groups is 1. The topological polar surface area (TPSA) is 45.5 Å². The Morgan fingerprint density at radius 3 is 2.96 bits per heavy atom. The summed E-state index contributed by atoms with van der Waals surface area (Å²) in [6, 6.07) is 7.99. The zero-order chi connectivity index (χ0) is 16.9. The summed E-state index contributed by atoms with van der Waals surface area (Å²) < 4.78 is 1.87. The van der Waals surface area contributed by atoms with Crippen molar-refractivity contribution in [2.45, 2.75) is 18.8 Å². The summed E-state index contributed by atoms with van der Waals surface area (Å²) in [5.74, 6) is 1.49. The fourth-order valence-corrected chi connectivity index (χ4v) is 3.45. The van der Waals surface area contributed by atoms with Gasteiger partial charge < -0.3 is 10.2 Å². The Morgan fingerprint density at radius 2 is 2.25 bits per heavy atom. The SMILES string of the molecule is CN=C(NCCc1ccccc1Cl)N1CCC(c2cnn(C)c2)C1. The van der Waals surface area contributed by atoms with Crippen LogP contribution in [0.25, 0.3) is 0 Å². The summed E-state index contributed by atoms with van der Waals surface area (Å²) in [4.78, 5) is 6.76. The van der Waals surface area contributed by atoms with E-state index in [1.165, 1.54) is 5.56 Å². The predicted molar refractivity (Wildman–Crippen MR) is 98.7 cm³/mol.